The lowest BCUT2D eigenvalue weighted by Gasteiger charge is -2.42. The molecule has 4 heterocycles. The molecule has 5 aromatic rings. The Kier molecular flexibility index (Phi) is 9.25. The number of hydrogen-bond acceptors (Lipinski definition) is 9. The summed E-state index contributed by atoms with van der Waals surface area (Å²) < 4.78 is 27.1. The molecule has 0 radical (unpaired) electrons. The Bertz CT molecular complexity index is 1900. The smallest absolute Gasteiger partial charge is 0.231 e. The van der Waals surface area contributed by atoms with Crippen molar-refractivity contribution in [2.45, 2.75) is 78.3 Å². The zero-order valence-electron chi connectivity index (χ0n) is 27.8. The molecule has 3 aromatic heterocycles. The van der Waals surface area contributed by atoms with E-state index in [0.29, 0.717) is 23.7 Å². The van der Waals surface area contributed by atoms with E-state index in [1.54, 1.807) is 29.8 Å². The third-order valence-electron chi connectivity index (χ3n) is 9.48. The molecule has 6 rings (SSSR count). The minimum absolute atomic E-state index is 0.161. The lowest BCUT2D eigenvalue weighted by Crippen LogP contribution is -2.37. The van der Waals surface area contributed by atoms with E-state index in [1.165, 1.54) is 0 Å². The van der Waals surface area contributed by atoms with Crippen LogP contribution in [-0.4, -0.2) is 50.8 Å². The predicted molar refractivity (Wildman–Crippen MR) is 189 cm³/mol. The molecule has 0 spiro atoms. The van der Waals surface area contributed by atoms with Crippen molar-refractivity contribution in [2.75, 3.05) is 11.9 Å². The number of amides is 1. The summed E-state index contributed by atoms with van der Waals surface area (Å²) in [6, 6.07) is 15.4. The van der Waals surface area contributed by atoms with Gasteiger partial charge in [0, 0.05) is 24.2 Å². The van der Waals surface area contributed by atoms with E-state index in [9.17, 15) is 13.9 Å². The summed E-state index contributed by atoms with van der Waals surface area (Å²) in [6.07, 6.45) is 5.03. The fourth-order valence-corrected chi connectivity index (χ4v) is 9.58. The van der Waals surface area contributed by atoms with Crippen LogP contribution in [0.25, 0.3) is 11.0 Å². The van der Waals surface area contributed by atoms with Gasteiger partial charge in [-0.25, -0.2) is 9.67 Å². The Morgan fingerprint density at radius 3 is 2.64 bits per heavy atom. The molecular weight excluding hydrogens is 631 g/mol. The number of aromatic nitrogens is 5. The Morgan fingerprint density at radius 2 is 1.91 bits per heavy atom. The first kappa shape index (κ1) is 33.2. The number of rotatable bonds is 9. The first-order valence-electron chi connectivity index (χ1n) is 16.1. The molecular formula is C35H43N7O3S2. The van der Waals surface area contributed by atoms with E-state index < -0.39 is 22.1 Å². The molecule has 10 nitrogen and oxygen atoms in total. The lowest BCUT2D eigenvalue weighted by atomic mass is 9.73. The molecule has 2 atom stereocenters. The summed E-state index contributed by atoms with van der Waals surface area (Å²) in [6.45, 7) is 13.7. The van der Waals surface area contributed by atoms with Gasteiger partial charge >= 0.3 is 0 Å². The van der Waals surface area contributed by atoms with Crippen molar-refractivity contribution < 1.29 is 13.9 Å². The maximum Gasteiger partial charge on any atom is 0.231 e. The summed E-state index contributed by atoms with van der Waals surface area (Å²) in [7, 11) is -3.24. The predicted octanol–water partition coefficient (Wildman–Crippen LogP) is 7.83. The number of nitrogens with one attached hydrogen (secondary N) is 1. The van der Waals surface area contributed by atoms with Crippen molar-refractivity contribution in [3.63, 3.8) is 0 Å². The van der Waals surface area contributed by atoms with Crippen molar-refractivity contribution in [3.05, 3.63) is 93.2 Å². The molecule has 1 amide bonds. The van der Waals surface area contributed by atoms with Crippen molar-refractivity contribution in [2.24, 2.45) is 11.3 Å². The average Bonchev–Trinajstić information content (AvgIpc) is 3.62. The van der Waals surface area contributed by atoms with Gasteiger partial charge in [0.05, 0.1) is 45.9 Å². The number of fused-ring (bicyclic) bond motifs is 2. The molecule has 0 fully saturated rings. The highest BCUT2D eigenvalue weighted by molar-refractivity contribution is 8.22. The van der Waals surface area contributed by atoms with Gasteiger partial charge in [0.25, 0.3) is 0 Å². The quantitative estimate of drug-likeness (QED) is 0.144. The van der Waals surface area contributed by atoms with Gasteiger partial charge in [-0.1, -0.05) is 56.7 Å². The molecule has 47 heavy (non-hydrogen) atoms. The minimum Gasteiger partial charge on any atom is -0.324 e. The second kappa shape index (κ2) is 13.1. The number of carbonyl (C=O) groups excluding carboxylic acids is 1. The number of carbonyl (C=O) groups is 1. The van der Waals surface area contributed by atoms with Crippen molar-refractivity contribution in [1.29, 1.82) is 0 Å². The van der Waals surface area contributed by atoms with Gasteiger partial charge in [0.2, 0.25) is 5.91 Å². The molecule has 248 valence electrons. The summed E-state index contributed by atoms with van der Waals surface area (Å²) >= 11 is 1.55. The molecule has 1 aliphatic rings. The Balaban J connectivity index is 1.43. The Morgan fingerprint density at radius 1 is 1.13 bits per heavy atom. The highest BCUT2D eigenvalue weighted by Crippen LogP contribution is 2.56. The first-order valence-corrected chi connectivity index (χ1v) is 18.4. The van der Waals surface area contributed by atoms with Crippen LogP contribution < -0.4 is 5.32 Å². The van der Waals surface area contributed by atoms with Crippen LogP contribution in [0.3, 0.4) is 0 Å². The van der Waals surface area contributed by atoms with E-state index in [0.717, 1.165) is 56.1 Å². The van der Waals surface area contributed by atoms with Crippen molar-refractivity contribution in [3.8, 4) is 0 Å². The third-order valence-corrected chi connectivity index (χ3v) is 12.5. The van der Waals surface area contributed by atoms with Gasteiger partial charge in [-0.05, 0) is 74.1 Å². The normalized spacial score (nSPS) is 18.0. The molecule has 3 N–H and O–H groups in total. The van der Waals surface area contributed by atoms with Crippen LogP contribution >= 0.6 is 22.1 Å². The first-order chi connectivity index (χ1) is 22.4. The summed E-state index contributed by atoms with van der Waals surface area (Å²) in [4.78, 5) is 25.1. The van der Waals surface area contributed by atoms with Gasteiger partial charge in [0.1, 0.15) is 10.5 Å². The van der Waals surface area contributed by atoms with Crippen LogP contribution in [0.1, 0.15) is 72.3 Å². The number of nitrogens with zero attached hydrogens (tertiary/aromatic N) is 6. The zero-order chi connectivity index (χ0) is 33.5. The monoisotopic (exact) mass is 673 g/mol. The minimum atomic E-state index is -3.24. The number of anilines is 1. The maximum atomic E-state index is 14.1. The Labute approximate surface area is 281 Å². The molecule has 0 aliphatic carbocycles. The highest BCUT2D eigenvalue weighted by atomic mass is 32.3. The Hall–Kier alpha value is -3.68. The van der Waals surface area contributed by atoms with Crippen LogP contribution in [0.4, 0.5) is 5.69 Å². The number of hydrogen-bond donors (Lipinski definition) is 3. The molecule has 2 aromatic carbocycles. The van der Waals surface area contributed by atoms with Crippen LogP contribution in [0.2, 0.25) is 0 Å². The van der Waals surface area contributed by atoms with Gasteiger partial charge in [-0.3, -0.25) is 18.9 Å². The fourth-order valence-electron chi connectivity index (χ4n) is 6.58. The van der Waals surface area contributed by atoms with Crippen LogP contribution in [-0.2, 0) is 24.3 Å². The van der Waals surface area contributed by atoms with E-state index >= 15 is 0 Å². The maximum absolute atomic E-state index is 14.1. The third kappa shape index (κ3) is 6.20. The number of aryl methyl sites for hydroxylation is 3. The molecule has 0 saturated heterocycles. The fraction of sp³-hybridized carbons (Fsp3) is 0.400. The number of pyridine rings is 1. The second-order valence-corrected chi connectivity index (χ2v) is 16.1. The zero-order valence-corrected chi connectivity index (χ0v) is 29.4. The second-order valence-electron chi connectivity index (χ2n) is 12.9. The van der Waals surface area contributed by atoms with Gasteiger partial charge in [-0.2, -0.15) is 4.31 Å². The molecule has 2 unspecified atom stereocenters. The number of benzene rings is 2. The number of thiazole rings is 1. The standard InChI is InChI=1S/C35H43N7O3S2/c1-7-24-18-25-12-9-10-14-30(25)47(44,45)41(20-24)21-28-23(4)46-33(38-28)31(35(5,6)34(43)37-26-13-11-17-36-19-26)27-15-16-29-32(22(27)3)39-40-42(29)8-2/h9-17,19,24,31,44-45H,7-8,18,20-21H2,1-6H3,(H,37,43). The highest BCUT2D eigenvalue weighted by Gasteiger charge is 2.43. The van der Waals surface area contributed by atoms with Gasteiger partial charge in [0.15, 0.2) is 0 Å². The topological polar surface area (TPSA) is 129 Å². The van der Waals surface area contributed by atoms with E-state index in [4.69, 9.17) is 4.98 Å². The average molecular weight is 674 g/mol. The SMILES string of the molecule is CCC1Cc2ccccc2S(O)(O)N(Cc2nc(C(c3ccc4c(nnn4CC)c3C)C(C)(C)C(=O)Nc3cccnc3)sc2C)C1. The molecule has 0 bridgehead atoms. The summed E-state index contributed by atoms with van der Waals surface area (Å²) in [5.41, 5.74) is 5.09. The largest absolute Gasteiger partial charge is 0.324 e. The molecule has 1 aliphatic heterocycles. The van der Waals surface area contributed by atoms with Crippen molar-refractivity contribution in [1.82, 2.24) is 29.3 Å². The van der Waals surface area contributed by atoms with Crippen LogP contribution in [0.5, 0.6) is 0 Å². The lowest BCUT2D eigenvalue weighted by molar-refractivity contribution is -0.124. The van der Waals surface area contributed by atoms with Crippen LogP contribution in [0.15, 0.2) is 65.8 Å². The van der Waals surface area contributed by atoms with Crippen molar-refractivity contribution >= 4 is 44.7 Å². The van der Waals surface area contributed by atoms with E-state index in [-0.39, 0.29) is 18.4 Å². The van der Waals surface area contributed by atoms with E-state index in [2.05, 4.69) is 33.6 Å². The summed E-state index contributed by atoms with van der Waals surface area (Å²) in [5, 5.41) is 12.7. The molecule has 0 saturated carbocycles. The van der Waals surface area contributed by atoms with Crippen LogP contribution in [0, 0.1) is 25.2 Å². The van der Waals surface area contributed by atoms with Gasteiger partial charge < -0.3 is 5.32 Å². The molecule has 12 heteroatoms. The summed E-state index contributed by atoms with van der Waals surface area (Å²) in [5.74, 6) is -0.316. The van der Waals surface area contributed by atoms with Gasteiger partial charge in [-0.15, -0.1) is 27.2 Å². The van der Waals surface area contributed by atoms with E-state index in [1.807, 2.05) is 80.0 Å².